The predicted molar refractivity (Wildman–Crippen MR) is 88.6 cm³/mol. The maximum Gasteiger partial charge on any atom is 0.123 e. The Kier molecular flexibility index (Phi) is 4.56. The number of hydrogen-bond donors (Lipinski definition) is 1. The van der Waals surface area contributed by atoms with Crippen molar-refractivity contribution < 1.29 is 14.2 Å². The van der Waals surface area contributed by atoms with E-state index in [-0.39, 0.29) is 5.60 Å². The molecule has 1 aromatic carbocycles. The van der Waals surface area contributed by atoms with Gasteiger partial charge in [0.25, 0.3) is 0 Å². The van der Waals surface area contributed by atoms with E-state index in [1.54, 1.807) is 0 Å². The molecule has 23 heavy (non-hydrogen) atoms. The molecule has 126 valence electrons. The van der Waals surface area contributed by atoms with Crippen molar-refractivity contribution in [3.8, 4) is 5.75 Å². The van der Waals surface area contributed by atoms with Crippen LogP contribution in [-0.2, 0) is 16.0 Å². The lowest BCUT2D eigenvalue weighted by Crippen LogP contribution is -2.47. The molecule has 4 nitrogen and oxygen atoms in total. The van der Waals surface area contributed by atoms with E-state index < -0.39 is 0 Å². The topological polar surface area (TPSA) is 39.7 Å². The van der Waals surface area contributed by atoms with Crippen molar-refractivity contribution in [2.45, 2.75) is 50.3 Å². The molecule has 2 saturated heterocycles. The summed E-state index contributed by atoms with van der Waals surface area (Å²) in [4.78, 5) is 0. The number of rotatable bonds is 6. The number of para-hydroxylation sites is 1. The number of nitrogens with one attached hydrogen (secondary N) is 1. The minimum Gasteiger partial charge on any atom is -0.493 e. The highest BCUT2D eigenvalue weighted by molar-refractivity contribution is 5.33. The first-order valence-corrected chi connectivity index (χ1v) is 8.99. The van der Waals surface area contributed by atoms with Gasteiger partial charge < -0.3 is 19.5 Å². The highest BCUT2D eigenvalue weighted by Gasteiger charge is 2.40. The van der Waals surface area contributed by atoms with Crippen LogP contribution in [0.2, 0.25) is 0 Å². The van der Waals surface area contributed by atoms with Crippen LogP contribution >= 0.6 is 0 Å². The molecular formula is C19H27NO3. The first kappa shape index (κ1) is 15.4. The van der Waals surface area contributed by atoms with Gasteiger partial charge in [-0.3, -0.25) is 0 Å². The molecular weight excluding hydrogens is 290 g/mol. The van der Waals surface area contributed by atoms with Gasteiger partial charge >= 0.3 is 0 Å². The monoisotopic (exact) mass is 317 g/mol. The molecule has 1 aliphatic carbocycles. The van der Waals surface area contributed by atoms with Crippen molar-refractivity contribution in [2.24, 2.45) is 5.92 Å². The number of hydrogen-bond acceptors (Lipinski definition) is 4. The molecule has 4 rings (SSSR count). The summed E-state index contributed by atoms with van der Waals surface area (Å²) >= 11 is 0. The van der Waals surface area contributed by atoms with Gasteiger partial charge in [-0.2, -0.15) is 0 Å². The molecule has 2 heterocycles. The van der Waals surface area contributed by atoms with E-state index in [9.17, 15) is 0 Å². The average Bonchev–Trinajstić information content (AvgIpc) is 3.32. The quantitative estimate of drug-likeness (QED) is 0.876. The maximum atomic E-state index is 6.01. The first-order chi connectivity index (χ1) is 11.3. The summed E-state index contributed by atoms with van der Waals surface area (Å²) in [7, 11) is 0. The highest BCUT2D eigenvalue weighted by Crippen LogP contribution is 2.33. The third-order valence-corrected chi connectivity index (χ3v) is 5.29. The van der Waals surface area contributed by atoms with Crippen molar-refractivity contribution >= 4 is 0 Å². The lowest BCUT2D eigenvalue weighted by Gasteiger charge is -2.37. The van der Waals surface area contributed by atoms with Crippen molar-refractivity contribution in [2.75, 3.05) is 26.4 Å². The maximum absolute atomic E-state index is 6.01. The molecule has 3 fully saturated rings. The Hall–Kier alpha value is -1.10. The Bertz CT molecular complexity index is 523. The molecule has 0 amide bonds. The van der Waals surface area contributed by atoms with E-state index in [4.69, 9.17) is 14.2 Å². The standard InChI is InChI=1S/C19H27NO3/c1-2-4-18(22-13-15-5-6-15)16(3-1)12-20-17-7-9-23-19(11-17)8-10-21-14-19/h1-4,15,17,20H,5-14H2. The van der Waals surface area contributed by atoms with E-state index in [0.29, 0.717) is 6.04 Å². The lowest BCUT2D eigenvalue weighted by atomic mass is 9.89. The third kappa shape index (κ3) is 3.87. The minimum absolute atomic E-state index is 0.0299. The highest BCUT2D eigenvalue weighted by atomic mass is 16.6. The van der Waals surface area contributed by atoms with Crippen LogP contribution in [-0.4, -0.2) is 38.1 Å². The van der Waals surface area contributed by atoms with Gasteiger partial charge in [0.05, 0.1) is 18.8 Å². The summed E-state index contributed by atoms with van der Waals surface area (Å²) in [5, 5.41) is 3.72. The second-order valence-electron chi connectivity index (χ2n) is 7.27. The zero-order valence-corrected chi connectivity index (χ0v) is 13.8. The van der Waals surface area contributed by atoms with Crippen molar-refractivity contribution in [1.29, 1.82) is 0 Å². The van der Waals surface area contributed by atoms with Gasteiger partial charge in [-0.25, -0.2) is 0 Å². The Labute approximate surface area is 138 Å². The summed E-state index contributed by atoms with van der Waals surface area (Å²) < 4.78 is 17.6. The molecule has 1 aromatic rings. The zero-order valence-electron chi connectivity index (χ0n) is 13.8. The van der Waals surface area contributed by atoms with Gasteiger partial charge in [-0.1, -0.05) is 18.2 Å². The van der Waals surface area contributed by atoms with Crippen molar-refractivity contribution in [3.63, 3.8) is 0 Å². The van der Waals surface area contributed by atoms with E-state index in [0.717, 1.165) is 63.9 Å². The fourth-order valence-corrected chi connectivity index (χ4v) is 3.60. The number of benzene rings is 1. The molecule has 4 heteroatoms. The molecule has 0 radical (unpaired) electrons. The van der Waals surface area contributed by atoms with Gasteiger partial charge in [0, 0.05) is 37.8 Å². The summed E-state index contributed by atoms with van der Waals surface area (Å²) in [6.07, 6.45) is 5.82. The van der Waals surface area contributed by atoms with E-state index in [1.807, 2.05) is 0 Å². The molecule has 2 atom stereocenters. The fraction of sp³-hybridized carbons (Fsp3) is 0.684. The third-order valence-electron chi connectivity index (χ3n) is 5.29. The molecule has 2 aliphatic heterocycles. The molecule has 1 saturated carbocycles. The summed E-state index contributed by atoms with van der Waals surface area (Å²) in [5.74, 6) is 1.83. The van der Waals surface area contributed by atoms with E-state index in [1.165, 1.54) is 18.4 Å². The predicted octanol–water partition coefficient (Wildman–Crippen LogP) is 2.90. The van der Waals surface area contributed by atoms with Gasteiger partial charge in [0.1, 0.15) is 5.75 Å². The summed E-state index contributed by atoms with van der Waals surface area (Å²) in [5.41, 5.74) is 1.23. The zero-order chi connectivity index (χ0) is 15.5. The van der Waals surface area contributed by atoms with E-state index in [2.05, 4.69) is 29.6 Å². The Morgan fingerprint density at radius 2 is 2.09 bits per heavy atom. The van der Waals surface area contributed by atoms with Crippen LogP contribution in [0.3, 0.4) is 0 Å². The molecule has 0 bridgehead atoms. The van der Waals surface area contributed by atoms with E-state index >= 15 is 0 Å². The minimum atomic E-state index is -0.0299. The van der Waals surface area contributed by atoms with Crippen LogP contribution < -0.4 is 10.1 Å². The molecule has 2 unspecified atom stereocenters. The van der Waals surface area contributed by atoms with Gasteiger partial charge in [-0.15, -0.1) is 0 Å². The fourth-order valence-electron chi connectivity index (χ4n) is 3.60. The summed E-state index contributed by atoms with van der Waals surface area (Å²) in [6, 6.07) is 8.92. The average molecular weight is 317 g/mol. The smallest absolute Gasteiger partial charge is 0.123 e. The Morgan fingerprint density at radius 3 is 2.91 bits per heavy atom. The van der Waals surface area contributed by atoms with Crippen molar-refractivity contribution in [3.05, 3.63) is 29.8 Å². The van der Waals surface area contributed by atoms with Gasteiger partial charge in [0.15, 0.2) is 0 Å². The Morgan fingerprint density at radius 1 is 1.17 bits per heavy atom. The van der Waals surface area contributed by atoms with Crippen LogP contribution in [0, 0.1) is 5.92 Å². The van der Waals surface area contributed by atoms with Crippen LogP contribution in [0.15, 0.2) is 24.3 Å². The second-order valence-corrected chi connectivity index (χ2v) is 7.27. The van der Waals surface area contributed by atoms with Gasteiger partial charge in [0.2, 0.25) is 0 Å². The lowest BCUT2D eigenvalue weighted by molar-refractivity contribution is -0.0894. The van der Waals surface area contributed by atoms with Crippen molar-refractivity contribution in [1.82, 2.24) is 5.32 Å². The first-order valence-electron chi connectivity index (χ1n) is 8.99. The molecule has 3 aliphatic rings. The molecule has 1 N–H and O–H groups in total. The largest absolute Gasteiger partial charge is 0.493 e. The second kappa shape index (κ2) is 6.80. The SMILES string of the molecule is c1ccc(OCC2CC2)c(CNC2CCOC3(CCOC3)C2)c1. The van der Waals surface area contributed by atoms with Crippen LogP contribution in [0.4, 0.5) is 0 Å². The number of ether oxygens (including phenoxy) is 3. The molecule has 1 spiro atoms. The Balaban J connectivity index is 1.33. The van der Waals surface area contributed by atoms with Crippen LogP contribution in [0.1, 0.15) is 37.7 Å². The molecule has 0 aromatic heterocycles. The van der Waals surface area contributed by atoms with Gasteiger partial charge in [-0.05, 0) is 37.7 Å². The van der Waals surface area contributed by atoms with Crippen LogP contribution in [0.5, 0.6) is 5.75 Å². The van der Waals surface area contributed by atoms with Crippen LogP contribution in [0.25, 0.3) is 0 Å². The normalized spacial score (nSPS) is 30.7. The summed E-state index contributed by atoms with van der Waals surface area (Å²) in [6.45, 7) is 4.16.